The topological polar surface area (TPSA) is 20.3 Å². The molecule has 0 atom stereocenters. The molecule has 1 fully saturated rings. The molecule has 1 aromatic carbocycles. The van der Waals surface area contributed by atoms with E-state index >= 15 is 0 Å². The minimum atomic E-state index is -0.234. The van der Waals surface area contributed by atoms with Crippen LogP contribution in [0.25, 0.3) is 10.1 Å². The van der Waals surface area contributed by atoms with Gasteiger partial charge in [-0.3, -0.25) is 4.79 Å². The normalized spacial score (nSPS) is 15.9. The zero-order chi connectivity index (χ0) is 15.9. The molecule has 3 rings (SSSR count). The van der Waals surface area contributed by atoms with E-state index in [0.29, 0.717) is 16.3 Å². The van der Waals surface area contributed by atoms with Gasteiger partial charge in [-0.15, -0.1) is 11.3 Å². The maximum absolute atomic E-state index is 14.1. The smallest absolute Gasteiger partial charge is 0.264 e. The van der Waals surface area contributed by atoms with Crippen LogP contribution in [0, 0.1) is 12.7 Å². The Morgan fingerprint density at radius 2 is 2.00 bits per heavy atom. The third-order valence-corrected chi connectivity index (χ3v) is 5.85. The van der Waals surface area contributed by atoms with Gasteiger partial charge < -0.3 is 4.90 Å². The lowest BCUT2D eigenvalue weighted by Gasteiger charge is -2.32. The fraction of sp³-hybridized carbons (Fsp3) is 0.500. The van der Waals surface area contributed by atoms with Gasteiger partial charge >= 0.3 is 0 Å². The Labute approximate surface area is 134 Å². The molecule has 0 unspecified atom stereocenters. The van der Waals surface area contributed by atoms with E-state index in [4.69, 9.17) is 0 Å². The highest BCUT2D eigenvalue weighted by molar-refractivity contribution is 7.21. The Bertz CT molecular complexity index is 700. The Balaban J connectivity index is 2.03. The number of aryl methyl sites for hydroxylation is 1. The van der Waals surface area contributed by atoms with Gasteiger partial charge in [-0.1, -0.05) is 18.9 Å². The maximum atomic E-state index is 14.1. The lowest BCUT2D eigenvalue weighted by molar-refractivity contribution is 0.0618. The molecule has 1 aromatic heterocycles. The second-order valence-corrected chi connectivity index (χ2v) is 7.47. The second-order valence-electron chi connectivity index (χ2n) is 6.41. The zero-order valence-electron chi connectivity index (χ0n) is 13.4. The Kier molecular flexibility index (Phi) is 4.22. The molecule has 1 aliphatic rings. The molecule has 118 valence electrons. The second kappa shape index (κ2) is 5.99. The lowest BCUT2D eigenvalue weighted by Crippen LogP contribution is -2.43. The van der Waals surface area contributed by atoms with Crippen molar-refractivity contribution in [1.29, 1.82) is 0 Å². The van der Waals surface area contributed by atoms with E-state index in [1.165, 1.54) is 30.2 Å². The number of hydrogen-bond acceptors (Lipinski definition) is 2. The van der Waals surface area contributed by atoms with Crippen LogP contribution < -0.4 is 0 Å². The number of carbonyl (C=O) groups excluding carboxylic acids is 1. The van der Waals surface area contributed by atoms with E-state index in [-0.39, 0.29) is 17.8 Å². The van der Waals surface area contributed by atoms with Crippen LogP contribution in [0.4, 0.5) is 4.39 Å². The van der Waals surface area contributed by atoms with Crippen molar-refractivity contribution in [3.63, 3.8) is 0 Å². The van der Waals surface area contributed by atoms with Crippen LogP contribution in [0.15, 0.2) is 18.2 Å². The van der Waals surface area contributed by atoms with Crippen LogP contribution >= 0.6 is 11.3 Å². The summed E-state index contributed by atoms with van der Waals surface area (Å²) in [4.78, 5) is 15.8. The van der Waals surface area contributed by atoms with E-state index < -0.39 is 0 Å². The van der Waals surface area contributed by atoms with Gasteiger partial charge in [0.15, 0.2) is 0 Å². The number of fused-ring (bicyclic) bond motifs is 1. The number of nitrogens with zero attached hydrogens (tertiary/aromatic N) is 1. The van der Waals surface area contributed by atoms with Crippen molar-refractivity contribution in [3.05, 3.63) is 34.5 Å². The van der Waals surface area contributed by atoms with Crippen LogP contribution in [0.3, 0.4) is 0 Å². The van der Waals surface area contributed by atoms with Gasteiger partial charge in [0.25, 0.3) is 5.91 Å². The summed E-state index contributed by atoms with van der Waals surface area (Å²) < 4.78 is 14.9. The zero-order valence-corrected chi connectivity index (χ0v) is 14.2. The monoisotopic (exact) mass is 319 g/mol. The minimum absolute atomic E-state index is 0.0694. The highest BCUT2D eigenvalue weighted by atomic mass is 32.1. The van der Waals surface area contributed by atoms with Gasteiger partial charge in [-0.2, -0.15) is 0 Å². The molecule has 4 heteroatoms. The fourth-order valence-corrected chi connectivity index (χ4v) is 4.75. The standard InChI is InChI=1S/C18H22FNOS/c1-11(2)20(13-7-4-5-8-13)18(21)17-12(3)16-14(19)9-6-10-15(16)22-17/h6,9-11,13H,4-5,7-8H2,1-3H3. The number of benzene rings is 1. The predicted molar refractivity (Wildman–Crippen MR) is 90.1 cm³/mol. The summed E-state index contributed by atoms with van der Waals surface area (Å²) in [5.41, 5.74) is 0.784. The molecule has 0 aliphatic heterocycles. The number of carbonyl (C=O) groups is 1. The quantitative estimate of drug-likeness (QED) is 0.767. The van der Waals surface area contributed by atoms with Crippen molar-refractivity contribution in [3.8, 4) is 0 Å². The van der Waals surface area contributed by atoms with Crippen molar-refractivity contribution in [2.45, 2.75) is 58.5 Å². The highest BCUT2D eigenvalue weighted by Crippen LogP contribution is 2.35. The highest BCUT2D eigenvalue weighted by Gasteiger charge is 2.31. The summed E-state index contributed by atoms with van der Waals surface area (Å²) in [6, 6.07) is 5.57. The van der Waals surface area contributed by atoms with Gasteiger partial charge in [-0.05, 0) is 51.3 Å². The van der Waals surface area contributed by atoms with Gasteiger partial charge in [-0.25, -0.2) is 4.39 Å². The summed E-state index contributed by atoms with van der Waals surface area (Å²) in [5, 5.41) is 0.603. The summed E-state index contributed by atoms with van der Waals surface area (Å²) >= 11 is 1.42. The SMILES string of the molecule is Cc1c(C(=O)N(C(C)C)C2CCCC2)sc2cccc(F)c12. The molecule has 2 nitrogen and oxygen atoms in total. The third kappa shape index (κ3) is 2.54. The van der Waals surface area contributed by atoms with Crippen LogP contribution in [0.2, 0.25) is 0 Å². The van der Waals surface area contributed by atoms with Crippen LogP contribution in [-0.2, 0) is 0 Å². The number of hydrogen-bond donors (Lipinski definition) is 0. The Morgan fingerprint density at radius 3 is 2.59 bits per heavy atom. The van der Waals surface area contributed by atoms with Crippen LogP contribution in [-0.4, -0.2) is 22.9 Å². The van der Waals surface area contributed by atoms with Crippen LogP contribution in [0.1, 0.15) is 54.8 Å². The predicted octanol–water partition coefficient (Wildman–Crippen LogP) is 5.14. The lowest BCUT2D eigenvalue weighted by atomic mass is 10.1. The molecule has 0 bridgehead atoms. The Morgan fingerprint density at radius 1 is 1.32 bits per heavy atom. The van der Waals surface area contributed by atoms with Gasteiger partial charge in [0.2, 0.25) is 0 Å². The van der Waals surface area contributed by atoms with E-state index in [0.717, 1.165) is 23.1 Å². The third-order valence-electron chi connectivity index (χ3n) is 4.61. The summed E-state index contributed by atoms with van der Waals surface area (Å²) in [6.45, 7) is 6.00. The average Bonchev–Trinajstić information content (AvgIpc) is 3.08. The van der Waals surface area contributed by atoms with E-state index in [1.807, 2.05) is 17.9 Å². The molecule has 0 saturated heterocycles. The fourth-order valence-electron chi connectivity index (χ4n) is 3.58. The maximum Gasteiger partial charge on any atom is 0.264 e. The van der Waals surface area contributed by atoms with E-state index in [9.17, 15) is 9.18 Å². The summed E-state index contributed by atoms with van der Waals surface area (Å²) in [6.07, 6.45) is 4.56. The molecule has 1 heterocycles. The summed E-state index contributed by atoms with van der Waals surface area (Å²) in [5.74, 6) is -0.165. The van der Waals surface area contributed by atoms with Crippen molar-refractivity contribution < 1.29 is 9.18 Å². The number of thiophene rings is 1. The van der Waals surface area contributed by atoms with Gasteiger partial charge in [0.05, 0.1) is 4.88 Å². The van der Waals surface area contributed by atoms with Crippen LogP contribution in [0.5, 0.6) is 0 Å². The first-order valence-electron chi connectivity index (χ1n) is 8.01. The van der Waals surface area contributed by atoms with E-state index in [2.05, 4.69) is 13.8 Å². The number of amides is 1. The molecule has 1 aliphatic carbocycles. The first-order chi connectivity index (χ1) is 10.5. The molecule has 0 N–H and O–H groups in total. The molecular weight excluding hydrogens is 297 g/mol. The molecule has 0 spiro atoms. The van der Waals surface area contributed by atoms with Gasteiger partial charge in [0, 0.05) is 22.2 Å². The van der Waals surface area contributed by atoms with Crippen molar-refractivity contribution in [2.75, 3.05) is 0 Å². The molecule has 1 saturated carbocycles. The molecule has 2 aromatic rings. The van der Waals surface area contributed by atoms with Crippen molar-refractivity contribution in [1.82, 2.24) is 4.90 Å². The summed E-state index contributed by atoms with van der Waals surface area (Å²) in [7, 11) is 0. The van der Waals surface area contributed by atoms with Gasteiger partial charge in [0.1, 0.15) is 5.82 Å². The largest absolute Gasteiger partial charge is 0.333 e. The first-order valence-corrected chi connectivity index (χ1v) is 8.82. The van der Waals surface area contributed by atoms with Crippen molar-refractivity contribution >= 4 is 27.3 Å². The minimum Gasteiger partial charge on any atom is -0.333 e. The van der Waals surface area contributed by atoms with Crippen molar-refractivity contribution in [2.24, 2.45) is 0 Å². The number of rotatable bonds is 3. The van der Waals surface area contributed by atoms with E-state index in [1.54, 1.807) is 6.07 Å². The molecule has 22 heavy (non-hydrogen) atoms. The first kappa shape index (κ1) is 15.5. The molecule has 0 radical (unpaired) electrons. The molecule has 1 amide bonds. The average molecular weight is 319 g/mol. The molecular formula is C18H22FNOS. The number of halogens is 1. The Hall–Kier alpha value is -1.42.